The predicted molar refractivity (Wildman–Crippen MR) is 104 cm³/mol. The van der Waals surface area contributed by atoms with Crippen molar-refractivity contribution >= 4 is 17.6 Å². The Balaban J connectivity index is 1.50. The molecule has 2 amide bonds. The molecule has 4 N–H and O–H groups in total. The summed E-state index contributed by atoms with van der Waals surface area (Å²) in [5.41, 5.74) is 5.69. The van der Waals surface area contributed by atoms with Gasteiger partial charge in [-0.25, -0.2) is 4.98 Å². The van der Waals surface area contributed by atoms with Crippen molar-refractivity contribution in [2.45, 2.75) is 57.4 Å². The molecule has 146 valence electrons. The van der Waals surface area contributed by atoms with Gasteiger partial charge in [0.25, 0.3) is 0 Å². The molecular weight excluding hydrogens is 340 g/mol. The second kappa shape index (κ2) is 6.21. The highest BCUT2D eigenvalue weighted by Gasteiger charge is 2.58. The van der Waals surface area contributed by atoms with Gasteiger partial charge in [-0.15, -0.1) is 0 Å². The van der Waals surface area contributed by atoms with E-state index in [1.165, 1.54) is 0 Å². The number of nitrogens with one attached hydrogen (secondary N) is 2. The molecule has 2 atom stereocenters. The van der Waals surface area contributed by atoms with Crippen molar-refractivity contribution in [1.82, 2.24) is 10.3 Å². The molecule has 4 aliphatic rings. The molecule has 6 heteroatoms. The van der Waals surface area contributed by atoms with E-state index >= 15 is 0 Å². The summed E-state index contributed by atoms with van der Waals surface area (Å²) in [5.74, 6) is 2.01. The number of carbonyl (C=O) groups excluding carboxylic acids is 2. The van der Waals surface area contributed by atoms with Crippen LogP contribution in [0.15, 0.2) is 18.3 Å². The summed E-state index contributed by atoms with van der Waals surface area (Å²) < 4.78 is 0. The van der Waals surface area contributed by atoms with Crippen molar-refractivity contribution < 1.29 is 9.59 Å². The number of primary amides is 1. The quantitative estimate of drug-likeness (QED) is 0.740. The van der Waals surface area contributed by atoms with Crippen molar-refractivity contribution in [3.05, 3.63) is 23.9 Å². The summed E-state index contributed by atoms with van der Waals surface area (Å²) in [6.07, 6.45) is 6.60. The number of nitrogens with two attached hydrogens (primary N) is 1. The van der Waals surface area contributed by atoms with E-state index in [4.69, 9.17) is 5.73 Å². The highest BCUT2D eigenvalue weighted by molar-refractivity contribution is 5.87. The Morgan fingerprint density at radius 3 is 2.37 bits per heavy atom. The first-order chi connectivity index (χ1) is 12.7. The maximum absolute atomic E-state index is 13.2. The van der Waals surface area contributed by atoms with Gasteiger partial charge in [-0.3, -0.25) is 9.59 Å². The summed E-state index contributed by atoms with van der Waals surface area (Å²) in [5, 5.41) is 6.35. The maximum atomic E-state index is 13.2. The molecule has 0 saturated heterocycles. The molecule has 2 unspecified atom stereocenters. The van der Waals surface area contributed by atoms with E-state index in [0.717, 1.165) is 43.5 Å². The van der Waals surface area contributed by atoms with E-state index in [0.29, 0.717) is 17.8 Å². The summed E-state index contributed by atoms with van der Waals surface area (Å²) in [7, 11) is 1.82. The third kappa shape index (κ3) is 2.89. The molecule has 5 rings (SSSR count). The number of hydrogen-bond donors (Lipinski definition) is 3. The molecule has 6 nitrogen and oxygen atoms in total. The Morgan fingerprint density at radius 2 is 1.85 bits per heavy atom. The van der Waals surface area contributed by atoms with Crippen LogP contribution < -0.4 is 16.4 Å². The largest absolute Gasteiger partial charge is 0.373 e. The smallest absolute Gasteiger partial charge is 0.230 e. The van der Waals surface area contributed by atoms with Crippen LogP contribution in [0.1, 0.15) is 51.5 Å². The second-order valence-corrected chi connectivity index (χ2v) is 9.42. The average Bonchev–Trinajstić information content (AvgIpc) is 2.63. The Morgan fingerprint density at radius 1 is 1.19 bits per heavy atom. The van der Waals surface area contributed by atoms with Crippen molar-refractivity contribution in [1.29, 1.82) is 0 Å². The zero-order valence-electron chi connectivity index (χ0n) is 16.4. The number of aromatic nitrogens is 1. The van der Waals surface area contributed by atoms with Gasteiger partial charge in [-0.05, 0) is 75.3 Å². The summed E-state index contributed by atoms with van der Waals surface area (Å²) >= 11 is 0. The van der Waals surface area contributed by atoms with E-state index in [9.17, 15) is 9.59 Å². The van der Waals surface area contributed by atoms with E-state index < -0.39 is 5.41 Å². The molecule has 4 aliphatic carbocycles. The first-order valence-electron chi connectivity index (χ1n) is 10.0. The Hall–Kier alpha value is -2.11. The Labute approximate surface area is 160 Å². The fourth-order valence-electron chi connectivity index (χ4n) is 5.94. The highest BCUT2D eigenvalue weighted by Crippen LogP contribution is 2.60. The van der Waals surface area contributed by atoms with Crippen LogP contribution in [-0.4, -0.2) is 29.9 Å². The minimum Gasteiger partial charge on any atom is -0.373 e. The standard InChI is InChI=1S/C21H30N4O2/c1-20(2,15-4-5-16(23-3)24-11-15)19(27)25-17-13-6-12-7-14(17)10-21(8-12,9-13)18(22)26/h4-5,11-14,17H,6-10H2,1-3H3,(H2,22,26)(H,23,24)(H,25,27). The average molecular weight is 370 g/mol. The lowest BCUT2D eigenvalue weighted by molar-refractivity contribution is -0.148. The van der Waals surface area contributed by atoms with Crippen molar-refractivity contribution in [2.24, 2.45) is 28.9 Å². The van der Waals surface area contributed by atoms with Crippen LogP contribution in [-0.2, 0) is 15.0 Å². The molecule has 1 aromatic rings. The third-order valence-corrected chi connectivity index (χ3v) is 7.40. The molecule has 4 bridgehead atoms. The number of hydrogen-bond acceptors (Lipinski definition) is 4. The highest BCUT2D eigenvalue weighted by atomic mass is 16.2. The van der Waals surface area contributed by atoms with E-state index in [-0.39, 0.29) is 23.3 Å². The van der Waals surface area contributed by atoms with Crippen LogP contribution in [0.4, 0.5) is 5.82 Å². The topological polar surface area (TPSA) is 97.1 Å². The van der Waals surface area contributed by atoms with E-state index in [2.05, 4.69) is 15.6 Å². The number of pyridine rings is 1. The fourth-order valence-corrected chi connectivity index (χ4v) is 5.94. The maximum Gasteiger partial charge on any atom is 0.230 e. The predicted octanol–water partition coefficient (Wildman–Crippen LogP) is 2.20. The summed E-state index contributed by atoms with van der Waals surface area (Å²) in [4.78, 5) is 29.6. The molecular formula is C21H30N4O2. The molecule has 0 aromatic carbocycles. The number of amides is 2. The minimum absolute atomic E-state index is 0.0344. The van der Waals surface area contributed by atoms with Crippen LogP contribution >= 0.6 is 0 Å². The molecule has 0 radical (unpaired) electrons. The normalized spacial score (nSPS) is 34.3. The molecule has 1 aromatic heterocycles. The van der Waals surface area contributed by atoms with Gasteiger partial charge in [-0.1, -0.05) is 6.07 Å². The van der Waals surface area contributed by atoms with Crippen LogP contribution in [0.3, 0.4) is 0 Å². The van der Waals surface area contributed by atoms with Gasteiger partial charge in [0.2, 0.25) is 11.8 Å². The SMILES string of the molecule is CNc1ccc(C(C)(C)C(=O)NC2C3CC4CC2CC(C(N)=O)(C4)C3)cn1. The van der Waals surface area contributed by atoms with Crippen molar-refractivity contribution in [3.8, 4) is 0 Å². The lowest BCUT2D eigenvalue weighted by Crippen LogP contribution is -2.63. The fraction of sp³-hybridized carbons (Fsp3) is 0.667. The first kappa shape index (κ1) is 18.3. The lowest BCUT2D eigenvalue weighted by atomic mass is 9.47. The van der Waals surface area contributed by atoms with Crippen LogP contribution in [0.5, 0.6) is 0 Å². The molecule has 27 heavy (non-hydrogen) atoms. The number of nitrogens with zero attached hydrogens (tertiary/aromatic N) is 1. The van der Waals surface area contributed by atoms with Crippen molar-refractivity contribution in [3.63, 3.8) is 0 Å². The molecule has 0 spiro atoms. The summed E-state index contributed by atoms with van der Waals surface area (Å²) in [6.45, 7) is 3.89. The van der Waals surface area contributed by atoms with Gasteiger partial charge in [0.1, 0.15) is 5.82 Å². The number of rotatable bonds is 5. The van der Waals surface area contributed by atoms with Gasteiger partial charge >= 0.3 is 0 Å². The molecule has 0 aliphatic heterocycles. The zero-order valence-corrected chi connectivity index (χ0v) is 16.4. The lowest BCUT2D eigenvalue weighted by Gasteiger charge is -2.59. The van der Waals surface area contributed by atoms with Crippen LogP contribution in [0.2, 0.25) is 0 Å². The van der Waals surface area contributed by atoms with Crippen LogP contribution in [0.25, 0.3) is 0 Å². The molecule has 4 saturated carbocycles. The number of carbonyl (C=O) groups is 2. The Bertz CT molecular complexity index is 742. The molecule has 4 fully saturated rings. The van der Waals surface area contributed by atoms with E-state index in [1.54, 1.807) is 6.20 Å². The van der Waals surface area contributed by atoms with Crippen LogP contribution in [0, 0.1) is 23.2 Å². The minimum atomic E-state index is -0.657. The van der Waals surface area contributed by atoms with E-state index in [1.807, 2.05) is 33.0 Å². The van der Waals surface area contributed by atoms with Gasteiger partial charge in [0.05, 0.1) is 5.41 Å². The van der Waals surface area contributed by atoms with Crippen molar-refractivity contribution in [2.75, 3.05) is 12.4 Å². The van der Waals surface area contributed by atoms with Gasteiger partial charge < -0.3 is 16.4 Å². The van der Waals surface area contributed by atoms with Gasteiger partial charge in [0.15, 0.2) is 0 Å². The van der Waals surface area contributed by atoms with Gasteiger partial charge in [-0.2, -0.15) is 0 Å². The first-order valence-corrected chi connectivity index (χ1v) is 10.0. The Kier molecular flexibility index (Phi) is 4.20. The summed E-state index contributed by atoms with van der Waals surface area (Å²) in [6, 6.07) is 4.01. The monoisotopic (exact) mass is 370 g/mol. The second-order valence-electron chi connectivity index (χ2n) is 9.42. The van der Waals surface area contributed by atoms with Gasteiger partial charge in [0, 0.05) is 24.7 Å². The molecule has 1 heterocycles. The third-order valence-electron chi connectivity index (χ3n) is 7.40. The number of anilines is 1. The zero-order chi connectivity index (χ0) is 19.4.